The first-order valence-corrected chi connectivity index (χ1v) is 12.6. The second-order valence-corrected chi connectivity index (χ2v) is 10.8. The first kappa shape index (κ1) is 25.0. The van der Waals surface area contributed by atoms with Crippen molar-refractivity contribution < 1.29 is 14.3 Å². The van der Waals surface area contributed by atoms with Crippen LogP contribution in [0.2, 0.25) is 0 Å². The molecule has 1 saturated heterocycles. The lowest BCUT2D eigenvalue weighted by Gasteiger charge is -2.29. The van der Waals surface area contributed by atoms with Crippen LogP contribution in [0.4, 0.5) is 5.95 Å². The molecule has 1 aromatic heterocycles. The quantitative estimate of drug-likeness (QED) is 0.420. The number of imidazole rings is 1. The molecule has 1 aliphatic rings. The van der Waals surface area contributed by atoms with Gasteiger partial charge in [0.1, 0.15) is 11.5 Å². The van der Waals surface area contributed by atoms with Crippen molar-refractivity contribution in [3.05, 3.63) is 48.5 Å². The lowest BCUT2D eigenvalue weighted by atomic mass is 9.86. The average molecular weight is 479 g/mol. The molecule has 7 heteroatoms. The Kier molecular flexibility index (Phi) is 7.65. The summed E-state index contributed by atoms with van der Waals surface area (Å²) in [6, 6.07) is 15.6. The van der Waals surface area contributed by atoms with E-state index < -0.39 is 0 Å². The molecule has 0 saturated carbocycles. The molecule has 2 aromatic carbocycles. The van der Waals surface area contributed by atoms with Crippen molar-refractivity contribution in [2.45, 2.75) is 65.0 Å². The summed E-state index contributed by atoms with van der Waals surface area (Å²) in [4.78, 5) is 19.4. The first-order valence-electron chi connectivity index (χ1n) is 12.6. The maximum atomic E-state index is 13.0. The summed E-state index contributed by atoms with van der Waals surface area (Å²) in [5, 5.41) is 0. The van der Waals surface area contributed by atoms with Crippen LogP contribution in [0.25, 0.3) is 11.0 Å². The minimum absolute atomic E-state index is 0.0343. The molecule has 1 amide bonds. The fourth-order valence-corrected chi connectivity index (χ4v) is 4.87. The summed E-state index contributed by atoms with van der Waals surface area (Å²) in [5.74, 6) is 2.10. The van der Waals surface area contributed by atoms with Crippen LogP contribution in [0.1, 0.15) is 58.9 Å². The van der Waals surface area contributed by atoms with E-state index in [-0.39, 0.29) is 23.5 Å². The molecule has 0 bridgehead atoms. The van der Waals surface area contributed by atoms with E-state index in [1.54, 1.807) is 0 Å². The van der Waals surface area contributed by atoms with Crippen molar-refractivity contribution >= 4 is 22.9 Å². The second-order valence-electron chi connectivity index (χ2n) is 10.8. The molecule has 7 nitrogen and oxygen atoms in total. The van der Waals surface area contributed by atoms with Gasteiger partial charge in [-0.25, -0.2) is 4.98 Å². The fraction of sp³-hybridized carbons (Fsp3) is 0.500. The number of para-hydroxylation sites is 1. The number of ether oxygens (including phenoxy) is 2. The summed E-state index contributed by atoms with van der Waals surface area (Å²) in [6.07, 6.45) is 4.26. The van der Waals surface area contributed by atoms with Crippen LogP contribution in [0.5, 0.6) is 11.5 Å². The molecule has 2 N–H and O–H groups in total. The van der Waals surface area contributed by atoms with Crippen LogP contribution in [0.3, 0.4) is 0 Å². The van der Waals surface area contributed by atoms with Crippen LogP contribution in [0, 0.1) is 5.41 Å². The zero-order valence-electron chi connectivity index (χ0n) is 21.4. The monoisotopic (exact) mass is 478 g/mol. The second kappa shape index (κ2) is 10.7. The number of aromatic nitrogens is 2. The molecule has 3 aromatic rings. The number of fused-ring (bicyclic) bond motifs is 1. The molecule has 4 rings (SSSR count). The minimum atomic E-state index is 0.0343. The maximum absolute atomic E-state index is 13.0. The molecule has 1 fully saturated rings. The van der Waals surface area contributed by atoms with Gasteiger partial charge in [0.15, 0.2) is 0 Å². The molecule has 2 heterocycles. The number of rotatable bonds is 9. The summed E-state index contributed by atoms with van der Waals surface area (Å²) in [6.45, 7) is 8.09. The highest BCUT2D eigenvalue weighted by molar-refractivity contribution is 5.80. The van der Waals surface area contributed by atoms with Crippen molar-refractivity contribution in [1.29, 1.82) is 0 Å². The van der Waals surface area contributed by atoms with Gasteiger partial charge in [0.2, 0.25) is 11.9 Å². The molecule has 2 atom stereocenters. The molecule has 188 valence electrons. The number of anilines is 1. The molecular formula is C28H38N4O3. The number of amides is 1. The average Bonchev–Trinajstić information content (AvgIpc) is 3.43. The van der Waals surface area contributed by atoms with Gasteiger partial charge in [-0.15, -0.1) is 0 Å². The highest BCUT2D eigenvalue weighted by Crippen LogP contribution is 2.36. The lowest BCUT2D eigenvalue weighted by molar-refractivity contribution is -0.131. The van der Waals surface area contributed by atoms with E-state index in [0.29, 0.717) is 25.3 Å². The Hall–Kier alpha value is -3.06. The smallest absolute Gasteiger partial charge is 0.222 e. The summed E-state index contributed by atoms with van der Waals surface area (Å²) < 4.78 is 13.9. The van der Waals surface area contributed by atoms with Gasteiger partial charge in [-0.3, -0.25) is 4.79 Å². The van der Waals surface area contributed by atoms with E-state index in [9.17, 15) is 4.79 Å². The number of nitrogen functional groups attached to an aromatic ring is 1. The number of nitrogens with zero attached hydrogens (tertiary/aromatic N) is 3. The molecular weight excluding hydrogens is 440 g/mol. The van der Waals surface area contributed by atoms with Crippen LogP contribution < -0.4 is 10.5 Å². The predicted octanol–water partition coefficient (Wildman–Crippen LogP) is 5.81. The van der Waals surface area contributed by atoms with E-state index in [1.165, 1.54) is 0 Å². The van der Waals surface area contributed by atoms with E-state index in [1.807, 2.05) is 60.5 Å². The Morgan fingerprint density at radius 3 is 2.69 bits per heavy atom. The van der Waals surface area contributed by atoms with Gasteiger partial charge in [-0.2, -0.15) is 0 Å². The Morgan fingerprint density at radius 1 is 1.23 bits per heavy atom. The Morgan fingerprint density at radius 2 is 2.00 bits per heavy atom. The van der Waals surface area contributed by atoms with Crippen molar-refractivity contribution in [2.75, 3.05) is 25.9 Å². The zero-order valence-corrected chi connectivity index (χ0v) is 21.4. The van der Waals surface area contributed by atoms with Crippen molar-refractivity contribution in [3.63, 3.8) is 0 Å². The SMILES string of the molecule is CN(C[C@@H]1CCCO1)C(=O)CC[C@@H](CC(C)(C)C)n1c(N)nc2ccc(Oc3ccccc3)cc21. The first-order chi connectivity index (χ1) is 16.7. The molecule has 1 aliphatic heterocycles. The van der Waals surface area contributed by atoms with E-state index in [2.05, 4.69) is 30.3 Å². The molecule has 0 spiro atoms. The van der Waals surface area contributed by atoms with Crippen LogP contribution in [-0.2, 0) is 9.53 Å². The lowest BCUT2D eigenvalue weighted by Crippen LogP contribution is -2.34. The standard InChI is InChI=1S/C28H38N4O3/c1-28(2,3)18-20(12-15-26(33)31(4)19-23-11-8-16-34-23)32-25-17-22(13-14-24(25)30-27(32)29)35-21-9-6-5-7-10-21/h5-7,9-10,13-14,17,20,23H,8,11-12,15-16,18-19H2,1-4H3,(H2,29,30)/t20-,23-/m0/s1. The number of benzene rings is 2. The Labute approximate surface area is 208 Å². The van der Waals surface area contributed by atoms with Gasteiger partial charge in [-0.1, -0.05) is 39.0 Å². The predicted molar refractivity (Wildman–Crippen MR) is 140 cm³/mol. The number of hydrogen-bond acceptors (Lipinski definition) is 5. The largest absolute Gasteiger partial charge is 0.457 e. The number of carbonyl (C=O) groups is 1. The maximum Gasteiger partial charge on any atom is 0.222 e. The fourth-order valence-electron chi connectivity index (χ4n) is 4.87. The molecule has 35 heavy (non-hydrogen) atoms. The molecule has 0 aliphatic carbocycles. The van der Waals surface area contributed by atoms with E-state index in [0.717, 1.165) is 48.4 Å². The van der Waals surface area contributed by atoms with Gasteiger partial charge >= 0.3 is 0 Å². The van der Waals surface area contributed by atoms with E-state index in [4.69, 9.17) is 15.2 Å². The van der Waals surface area contributed by atoms with Gasteiger partial charge in [0, 0.05) is 38.7 Å². The highest BCUT2D eigenvalue weighted by atomic mass is 16.5. The van der Waals surface area contributed by atoms with Crippen molar-refractivity contribution in [1.82, 2.24) is 14.5 Å². The Balaban J connectivity index is 1.55. The highest BCUT2D eigenvalue weighted by Gasteiger charge is 2.26. The zero-order chi connectivity index (χ0) is 25.0. The number of nitrogens with two attached hydrogens (primary N) is 1. The normalized spacial score (nSPS) is 17.0. The van der Waals surface area contributed by atoms with Gasteiger partial charge in [-0.05, 0) is 55.4 Å². The topological polar surface area (TPSA) is 82.6 Å². The summed E-state index contributed by atoms with van der Waals surface area (Å²) >= 11 is 0. The van der Waals surface area contributed by atoms with Crippen LogP contribution in [-0.4, -0.2) is 46.7 Å². The van der Waals surface area contributed by atoms with Gasteiger partial charge in [0.05, 0.1) is 17.1 Å². The summed E-state index contributed by atoms with van der Waals surface area (Å²) in [7, 11) is 1.87. The number of hydrogen-bond donors (Lipinski definition) is 1. The number of carbonyl (C=O) groups excluding carboxylic acids is 1. The van der Waals surface area contributed by atoms with Crippen molar-refractivity contribution in [2.24, 2.45) is 5.41 Å². The van der Waals surface area contributed by atoms with Crippen molar-refractivity contribution in [3.8, 4) is 11.5 Å². The third kappa shape index (κ3) is 6.54. The van der Waals surface area contributed by atoms with Gasteiger partial charge in [0.25, 0.3) is 0 Å². The van der Waals surface area contributed by atoms with E-state index >= 15 is 0 Å². The summed E-state index contributed by atoms with van der Waals surface area (Å²) in [5.41, 5.74) is 8.25. The minimum Gasteiger partial charge on any atom is -0.457 e. The third-order valence-electron chi connectivity index (χ3n) is 6.50. The molecule has 0 unspecified atom stereocenters. The third-order valence-corrected chi connectivity index (χ3v) is 6.50. The van der Waals surface area contributed by atoms with Crippen LogP contribution >= 0.6 is 0 Å². The molecule has 0 radical (unpaired) electrons. The van der Waals surface area contributed by atoms with Gasteiger partial charge < -0.3 is 24.7 Å². The number of likely N-dealkylation sites (N-methyl/N-ethyl adjacent to an activating group) is 1. The Bertz CT molecular complexity index is 1130. The van der Waals surface area contributed by atoms with Crippen LogP contribution in [0.15, 0.2) is 48.5 Å².